The van der Waals surface area contributed by atoms with Crippen molar-refractivity contribution in [1.29, 1.82) is 0 Å². The minimum atomic E-state index is -0.579. The summed E-state index contributed by atoms with van der Waals surface area (Å²) in [5.41, 5.74) is -0.0577. The van der Waals surface area contributed by atoms with Crippen LogP contribution in [-0.2, 0) is 0 Å². The first-order chi connectivity index (χ1) is 10.0. The number of nitrogens with one attached hydrogen (secondary N) is 1. The van der Waals surface area contributed by atoms with Crippen molar-refractivity contribution >= 4 is 17.4 Å². The molecule has 1 atom stereocenters. The number of anilines is 1. The molecular weight excluding hydrogens is 276 g/mol. The second-order valence-electron chi connectivity index (χ2n) is 4.92. The number of nitro groups is 1. The van der Waals surface area contributed by atoms with Crippen molar-refractivity contribution in [2.45, 2.75) is 25.9 Å². The summed E-state index contributed by atoms with van der Waals surface area (Å²) in [5, 5.41) is 23.4. The van der Waals surface area contributed by atoms with E-state index in [0.717, 1.165) is 6.20 Å². The van der Waals surface area contributed by atoms with E-state index in [0.29, 0.717) is 31.7 Å². The van der Waals surface area contributed by atoms with Gasteiger partial charge in [0.25, 0.3) is 11.6 Å². The first-order valence-electron chi connectivity index (χ1n) is 6.88. The van der Waals surface area contributed by atoms with E-state index in [9.17, 15) is 20.0 Å². The predicted octanol–water partition coefficient (Wildman–Crippen LogP) is 1.02. The first-order valence-corrected chi connectivity index (χ1v) is 6.88. The average Bonchev–Trinajstić information content (AvgIpc) is 2.47. The molecule has 8 heteroatoms. The van der Waals surface area contributed by atoms with E-state index in [1.165, 1.54) is 11.0 Å². The van der Waals surface area contributed by atoms with Crippen LogP contribution in [0.5, 0.6) is 0 Å². The third-order valence-corrected chi connectivity index (χ3v) is 3.34. The average molecular weight is 294 g/mol. The zero-order valence-corrected chi connectivity index (χ0v) is 11.8. The lowest BCUT2D eigenvalue weighted by molar-refractivity contribution is -0.385. The SMILES string of the molecule is CCNc1ncc([N+](=O)[O-])cc1C(=O)N1CCCC(O)C1. The van der Waals surface area contributed by atoms with Crippen molar-refractivity contribution in [3.63, 3.8) is 0 Å². The minimum absolute atomic E-state index is 0.167. The number of aliphatic hydroxyl groups excluding tert-OH is 1. The van der Waals surface area contributed by atoms with Gasteiger partial charge in [0, 0.05) is 25.7 Å². The fraction of sp³-hybridized carbons (Fsp3) is 0.538. The molecule has 0 aliphatic carbocycles. The lowest BCUT2D eigenvalue weighted by atomic mass is 10.1. The number of piperidine rings is 1. The van der Waals surface area contributed by atoms with Crippen LogP contribution in [0.3, 0.4) is 0 Å². The van der Waals surface area contributed by atoms with Crippen molar-refractivity contribution in [3.8, 4) is 0 Å². The molecule has 0 spiro atoms. The first kappa shape index (κ1) is 15.2. The fourth-order valence-corrected chi connectivity index (χ4v) is 2.33. The van der Waals surface area contributed by atoms with Gasteiger partial charge in [0.05, 0.1) is 16.6 Å². The molecule has 0 bridgehead atoms. The molecule has 1 saturated heterocycles. The number of likely N-dealkylation sites (tertiary alicyclic amines) is 1. The molecule has 21 heavy (non-hydrogen) atoms. The van der Waals surface area contributed by atoms with Crippen LogP contribution in [0.4, 0.5) is 11.5 Å². The largest absolute Gasteiger partial charge is 0.391 e. The lowest BCUT2D eigenvalue weighted by Crippen LogP contribution is -2.42. The summed E-state index contributed by atoms with van der Waals surface area (Å²) in [6, 6.07) is 1.23. The van der Waals surface area contributed by atoms with E-state index in [1.54, 1.807) is 0 Å². The Kier molecular flexibility index (Phi) is 4.69. The quantitative estimate of drug-likeness (QED) is 0.634. The van der Waals surface area contributed by atoms with Crippen molar-refractivity contribution in [3.05, 3.63) is 27.9 Å². The van der Waals surface area contributed by atoms with Crippen molar-refractivity contribution in [1.82, 2.24) is 9.88 Å². The summed E-state index contributed by atoms with van der Waals surface area (Å²) in [6.45, 7) is 3.17. The normalized spacial score (nSPS) is 18.4. The predicted molar refractivity (Wildman–Crippen MR) is 76.2 cm³/mol. The Morgan fingerprint density at radius 2 is 2.43 bits per heavy atom. The second kappa shape index (κ2) is 6.49. The molecule has 1 amide bonds. The van der Waals surface area contributed by atoms with E-state index < -0.39 is 11.0 Å². The second-order valence-corrected chi connectivity index (χ2v) is 4.92. The van der Waals surface area contributed by atoms with Crippen LogP contribution in [0, 0.1) is 10.1 Å². The van der Waals surface area contributed by atoms with Crippen LogP contribution < -0.4 is 5.32 Å². The van der Waals surface area contributed by atoms with Gasteiger partial charge in [0.2, 0.25) is 0 Å². The molecule has 114 valence electrons. The Balaban J connectivity index is 2.32. The molecule has 1 aromatic heterocycles. The lowest BCUT2D eigenvalue weighted by Gasteiger charge is -2.30. The number of carbonyl (C=O) groups is 1. The summed E-state index contributed by atoms with van der Waals surface area (Å²) in [7, 11) is 0. The molecule has 0 radical (unpaired) electrons. The summed E-state index contributed by atoms with van der Waals surface area (Å²) in [5.74, 6) is -0.0194. The van der Waals surface area contributed by atoms with E-state index >= 15 is 0 Å². The Hall–Kier alpha value is -2.22. The Bertz CT molecular complexity index is 549. The molecule has 8 nitrogen and oxygen atoms in total. The molecule has 0 aromatic carbocycles. The number of aliphatic hydroxyl groups is 1. The van der Waals surface area contributed by atoms with Crippen LogP contribution >= 0.6 is 0 Å². The molecule has 1 aromatic rings. The maximum Gasteiger partial charge on any atom is 0.288 e. The van der Waals surface area contributed by atoms with Gasteiger partial charge >= 0.3 is 0 Å². The maximum atomic E-state index is 12.5. The van der Waals surface area contributed by atoms with Crippen LogP contribution in [0.2, 0.25) is 0 Å². The van der Waals surface area contributed by atoms with E-state index in [1.807, 2.05) is 6.92 Å². The van der Waals surface area contributed by atoms with Crippen LogP contribution in [0.1, 0.15) is 30.1 Å². The molecule has 1 aliphatic rings. The fourth-order valence-electron chi connectivity index (χ4n) is 2.33. The molecule has 2 rings (SSSR count). The van der Waals surface area contributed by atoms with Crippen molar-refractivity contribution < 1.29 is 14.8 Å². The van der Waals surface area contributed by atoms with Gasteiger partial charge in [0.15, 0.2) is 0 Å². The number of pyridine rings is 1. The smallest absolute Gasteiger partial charge is 0.288 e. The van der Waals surface area contributed by atoms with Gasteiger partial charge in [0.1, 0.15) is 12.0 Å². The van der Waals surface area contributed by atoms with Gasteiger partial charge in [-0.2, -0.15) is 0 Å². The van der Waals surface area contributed by atoms with E-state index in [4.69, 9.17) is 0 Å². The molecule has 0 saturated carbocycles. The molecule has 1 unspecified atom stereocenters. The van der Waals surface area contributed by atoms with Gasteiger partial charge < -0.3 is 15.3 Å². The minimum Gasteiger partial charge on any atom is -0.391 e. The van der Waals surface area contributed by atoms with Crippen LogP contribution in [-0.4, -0.2) is 51.6 Å². The standard InChI is InChI=1S/C13H18N4O4/c1-2-14-12-11(6-9(7-15-12)17(20)21)13(19)16-5-3-4-10(18)8-16/h6-7,10,18H,2-5,8H2,1H3,(H,14,15). The van der Waals surface area contributed by atoms with Crippen LogP contribution in [0.15, 0.2) is 12.3 Å². The maximum absolute atomic E-state index is 12.5. The van der Waals surface area contributed by atoms with E-state index in [-0.39, 0.29) is 23.7 Å². The van der Waals surface area contributed by atoms with Crippen molar-refractivity contribution in [2.24, 2.45) is 0 Å². The number of hydrogen-bond acceptors (Lipinski definition) is 6. The van der Waals surface area contributed by atoms with E-state index in [2.05, 4.69) is 10.3 Å². The van der Waals surface area contributed by atoms with Gasteiger partial charge in [-0.25, -0.2) is 4.98 Å². The highest BCUT2D eigenvalue weighted by molar-refractivity contribution is 5.99. The highest BCUT2D eigenvalue weighted by atomic mass is 16.6. The number of β-amino-alcohol motifs (C(OH)–C–C–N with tert-alkyl or cyclic N) is 1. The Labute approximate surface area is 121 Å². The summed E-state index contributed by atoms with van der Waals surface area (Å²) < 4.78 is 0. The molecule has 2 heterocycles. The molecule has 1 aliphatic heterocycles. The Morgan fingerprint density at radius 3 is 3.05 bits per heavy atom. The highest BCUT2D eigenvalue weighted by Gasteiger charge is 2.26. The molecular formula is C13H18N4O4. The van der Waals surface area contributed by atoms with Gasteiger partial charge in [-0.1, -0.05) is 0 Å². The zero-order valence-electron chi connectivity index (χ0n) is 11.8. The Morgan fingerprint density at radius 1 is 1.67 bits per heavy atom. The monoisotopic (exact) mass is 294 g/mol. The number of carbonyl (C=O) groups excluding carboxylic acids is 1. The number of rotatable bonds is 4. The summed E-state index contributed by atoms with van der Waals surface area (Å²) in [6.07, 6.45) is 1.96. The summed E-state index contributed by atoms with van der Waals surface area (Å²) >= 11 is 0. The number of aromatic nitrogens is 1. The van der Waals surface area contributed by atoms with Crippen LogP contribution in [0.25, 0.3) is 0 Å². The van der Waals surface area contributed by atoms with Gasteiger partial charge in [-0.3, -0.25) is 14.9 Å². The molecule has 2 N–H and O–H groups in total. The van der Waals surface area contributed by atoms with Gasteiger partial charge in [-0.15, -0.1) is 0 Å². The highest BCUT2D eigenvalue weighted by Crippen LogP contribution is 2.22. The number of nitrogens with zero attached hydrogens (tertiary/aromatic N) is 3. The van der Waals surface area contributed by atoms with Crippen molar-refractivity contribution in [2.75, 3.05) is 25.0 Å². The molecule has 1 fully saturated rings. The van der Waals surface area contributed by atoms with Gasteiger partial charge in [-0.05, 0) is 19.8 Å². The zero-order chi connectivity index (χ0) is 15.4. The number of amides is 1. The summed E-state index contributed by atoms with van der Waals surface area (Å²) in [4.78, 5) is 28.3. The number of hydrogen-bond donors (Lipinski definition) is 2. The third kappa shape index (κ3) is 3.46. The third-order valence-electron chi connectivity index (χ3n) is 3.34. The topological polar surface area (TPSA) is 109 Å².